The van der Waals surface area contributed by atoms with Crippen LogP contribution in [0.15, 0.2) is 46.9 Å². The van der Waals surface area contributed by atoms with Crippen LogP contribution < -0.4 is 4.74 Å². The molecule has 110 valence electrons. The molecule has 0 aromatic heterocycles. The monoisotopic (exact) mass is 346 g/mol. The molecule has 0 heterocycles. The van der Waals surface area contributed by atoms with Gasteiger partial charge in [-0.2, -0.15) is 0 Å². The fourth-order valence-electron chi connectivity index (χ4n) is 2.96. The number of benzene rings is 2. The van der Waals surface area contributed by atoms with Crippen LogP contribution in [-0.2, 0) is 0 Å². The number of rotatable bonds is 4. The molecule has 2 aromatic rings. The van der Waals surface area contributed by atoms with Gasteiger partial charge in [0, 0.05) is 10.0 Å². The number of methoxy groups -OCH3 is 1. The summed E-state index contributed by atoms with van der Waals surface area (Å²) in [5.41, 5.74) is 3.29. The van der Waals surface area contributed by atoms with Crippen molar-refractivity contribution in [2.24, 2.45) is 5.92 Å². The molecule has 3 atom stereocenters. The van der Waals surface area contributed by atoms with Gasteiger partial charge in [0.15, 0.2) is 0 Å². The highest BCUT2D eigenvalue weighted by Gasteiger charge is 2.44. The molecule has 3 heteroatoms. The summed E-state index contributed by atoms with van der Waals surface area (Å²) in [4.78, 5) is 0. The molecule has 2 aromatic carbocycles. The normalized spacial score (nSPS) is 21.9. The van der Waals surface area contributed by atoms with Gasteiger partial charge in [0.05, 0.1) is 13.2 Å². The van der Waals surface area contributed by atoms with Crippen molar-refractivity contribution in [3.63, 3.8) is 0 Å². The van der Waals surface area contributed by atoms with Crippen molar-refractivity contribution in [2.75, 3.05) is 7.11 Å². The summed E-state index contributed by atoms with van der Waals surface area (Å²) in [6.07, 6.45) is 0.543. The molecule has 1 aliphatic rings. The van der Waals surface area contributed by atoms with Crippen LogP contribution in [0.4, 0.5) is 0 Å². The van der Waals surface area contributed by atoms with Crippen LogP contribution in [0.25, 0.3) is 0 Å². The Morgan fingerprint density at radius 2 is 1.95 bits per heavy atom. The van der Waals surface area contributed by atoms with Crippen molar-refractivity contribution in [3.8, 4) is 5.75 Å². The Hall–Kier alpha value is -1.32. The first-order chi connectivity index (χ1) is 10.1. The highest BCUT2D eigenvalue weighted by molar-refractivity contribution is 9.10. The van der Waals surface area contributed by atoms with Gasteiger partial charge in [0.25, 0.3) is 0 Å². The Balaban J connectivity index is 1.84. The Labute approximate surface area is 133 Å². The molecule has 0 saturated heterocycles. The molecule has 1 saturated carbocycles. The predicted octanol–water partition coefficient (Wildman–Crippen LogP) is 4.60. The van der Waals surface area contributed by atoms with Gasteiger partial charge in [0.1, 0.15) is 5.75 Å². The van der Waals surface area contributed by atoms with Crippen molar-refractivity contribution < 1.29 is 9.84 Å². The van der Waals surface area contributed by atoms with Crippen molar-refractivity contribution in [2.45, 2.75) is 25.4 Å². The van der Waals surface area contributed by atoms with Crippen LogP contribution in [0.1, 0.15) is 35.1 Å². The summed E-state index contributed by atoms with van der Waals surface area (Å²) in [6.45, 7) is 2.02. The van der Waals surface area contributed by atoms with Gasteiger partial charge in [-0.3, -0.25) is 0 Å². The number of aliphatic hydroxyl groups is 1. The van der Waals surface area contributed by atoms with Crippen LogP contribution in [0, 0.1) is 12.8 Å². The first kappa shape index (κ1) is 14.6. The largest absolute Gasteiger partial charge is 0.496 e. The first-order valence-corrected chi connectivity index (χ1v) is 7.98. The number of halogens is 1. The highest BCUT2D eigenvalue weighted by atomic mass is 79.9. The van der Waals surface area contributed by atoms with Gasteiger partial charge in [-0.15, -0.1) is 0 Å². The van der Waals surface area contributed by atoms with Gasteiger partial charge < -0.3 is 9.84 Å². The fraction of sp³-hybridized carbons (Fsp3) is 0.333. The first-order valence-electron chi connectivity index (χ1n) is 7.19. The summed E-state index contributed by atoms with van der Waals surface area (Å²) in [5.74, 6) is 1.49. The number of ether oxygens (including phenoxy) is 1. The fourth-order valence-corrected chi connectivity index (χ4v) is 3.32. The van der Waals surface area contributed by atoms with Crippen molar-refractivity contribution >= 4 is 15.9 Å². The van der Waals surface area contributed by atoms with Crippen molar-refractivity contribution in [3.05, 3.63) is 63.6 Å². The van der Waals surface area contributed by atoms with Crippen LogP contribution in [0.5, 0.6) is 5.75 Å². The topological polar surface area (TPSA) is 29.5 Å². The number of aryl methyl sites for hydroxylation is 1. The lowest BCUT2D eigenvalue weighted by Gasteiger charge is -2.16. The number of hydrogen-bond acceptors (Lipinski definition) is 2. The maximum absolute atomic E-state index is 10.7. The summed E-state index contributed by atoms with van der Waals surface area (Å²) in [5, 5.41) is 10.7. The Kier molecular flexibility index (Phi) is 4.05. The molecule has 21 heavy (non-hydrogen) atoms. The second-order valence-electron chi connectivity index (χ2n) is 5.70. The minimum absolute atomic E-state index is 0.274. The Bertz CT molecular complexity index is 639. The molecule has 3 rings (SSSR count). The summed E-state index contributed by atoms with van der Waals surface area (Å²) in [7, 11) is 1.65. The van der Waals surface area contributed by atoms with E-state index in [1.54, 1.807) is 7.11 Å². The zero-order chi connectivity index (χ0) is 15.0. The SMILES string of the molecule is COc1cc(C)c(Br)cc1C(O)C1CC1c1ccccc1. The molecular weight excluding hydrogens is 328 g/mol. The zero-order valence-electron chi connectivity index (χ0n) is 12.2. The number of aliphatic hydroxyl groups excluding tert-OH is 1. The van der Waals surface area contributed by atoms with Crippen LogP contribution in [-0.4, -0.2) is 12.2 Å². The lowest BCUT2D eigenvalue weighted by atomic mass is 9.99. The van der Waals surface area contributed by atoms with Crippen molar-refractivity contribution in [1.29, 1.82) is 0 Å². The van der Waals surface area contributed by atoms with E-state index in [9.17, 15) is 5.11 Å². The smallest absolute Gasteiger partial charge is 0.125 e. The third kappa shape index (κ3) is 2.85. The Morgan fingerprint density at radius 1 is 1.24 bits per heavy atom. The molecule has 0 spiro atoms. The van der Waals surface area contributed by atoms with E-state index in [1.165, 1.54) is 5.56 Å². The minimum Gasteiger partial charge on any atom is -0.496 e. The van der Waals surface area contributed by atoms with Crippen molar-refractivity contribution in [1.82, 2.24) is 0 Å². The van der Waals surface area contributed by atoms with Crippen LogP contribution in [0.3, 0.4) is 0 Å². The van der Waals surface area contributed by atoms with Crippen LogP contribution in [0.2, 0.25) is 0 Å². The minimum atomic E-state index is -0.484. The maximum Gasteiger partial charge on any atom is 0.125 e. The number of hydrogen-bond donors (Lipinski definition) is 1. The second kappa shape index (κ2) is 5.82. The lowest BCUT2D eigenvalue weighted by Crippen LogP contribution is -2.04. The third-order valence-corrected chi connectivity index (χ3v) is 5.16. The molecule has 2 nitrogen and oxygen atoms in total. The maximum atomic E-state index is 10.7. The van der Waals surface area contributed by atoms with Gasteiger partial charge in [-0.1, -0.05) is 46.3 Å². The molecular formula is C18H19BrO2. The Morgan fingerprint density at radius 3 is 2.62 bits per heavy atom. The van der Waals surface area contributed by atoms with Gasteiger partial charge in [0.2, 0.25) is 0 Å². The van der Waals surface area contributed by atoms with Gasteiger partial charge in [-0.05, 0) is 48.4 Å². The van der Waals surface area contributed by atoms with E-state index in [0.717, 1.165) is 27.8 Å². The molecule has 0 radical (unpaired) electrons. The van der Waals surface area contributed by atoms with E-state index in [-0.39, 0.29) is 5.92 Å². The van der Waals surface area contributed by atoms with Gasteiger partial charge >= 0.3 is 0 Å². The van der Waals surface area contributed by atoms with E-state index in [1.807, 2.05) is 25.1 Å². The second-order valence-corrected chi connectivity index (χ2v) is 6.56. The third-order valence-electron chi connectivity index (χ3n) is 4.30. The molecule has 1 aliphatic carbocycles. The van der Waals surface area contributed by atoms with E-state index in [2.05, 4.69) is 40.2 Å². The molecule has 3 unspecified atom stereocenters. The van der Waals surface area contributed by atoms with E-state index >= 15 is 0 Å². The predicted molar refractivity (Wildman–Crippen MR) is 87.7 cm³/mol. The molecule has 1 N–H and O–H groups in total. The lowest BCUT2D eigenvalue weighted by molar-refractivity contribution is 0.147. The molecule has 0 amide bonds. The average Bonchev–Trinajstić information content (AvgIpc) is 3.30. The summed E-state index contributed by atoms with van der Waals surface area (Å²) >= 11 is 3.54. The van der Waals surface area contributed by atoms with E-state index < -0.39 is 6.10 Å². The standard InChI is InChI=1S/C18H19BrO2/c1-11-8-17(21-2)15(10-16(11)19)18(20)14-9-13(14)12-6-4-3-5-7-12/h3-8,10,13-14,18,20H,9H2,1-2H3. The molecule has 0 aliphatic heterocycles. The molecule has 1 fully saturated rings. The summed E-state index contributed by atoms with van der Waals surface area (Å²) in [6, 6.07) is 14.4. The van der Waals surface area contributed by atoms with Crippen LogP contribution >= 0.6 is 15.9 Å². The zero-order valence-corrected chi connectivity index (χ0v) is 13.8. The van der Waals surface area contributed by atoms with E-state index in [4.69, 9.17) is 4.74 Å². The van der Waals surface area contributed by atoms with E-state index in [0.29, 0.717) is 5.92 Å². The highest BCUT2D eigenvalue weighted by Crippen LogP contribution is 2.55. The van der Waals surface area contributed by atoms with Gasteiger partial charge in [-0.25, -0.2) is 0 Å². The quantitative estimate of drug-likeness (QED) is 0.876. The average molecular weight is 347 g/mol. The summed E-state index contributed by atoms with van der Waals surface area (Å²) < 4.78 is 6.45. The molecule has 0 bridgehead atoms.